The van der Waals surface area contributed by atoms with E-state index in [0.717, 1.165) is 30.8 Å². The van der Waals surface area contributed by atoms with Crippen molar-refractivity contribution in [1.29, 1.82) is 0 Å². The third kappa shape index (κ3) is 4.79. The second kappa shape index (κ2) is 9.13. The number of rotatable bonds is 7. The van der Waals surface area contributed by atoms with E-state index < -0.39 is 0 Å². The van der Waals surface area contributed by atoms with E-state index in [1.807, 2.05) is 30.3 Å². The minimum absolute atomic E-state index is 0.136. The highest BCUT2D eigenvalue weighted by molar-refractivity contribution is 7.99. The van der Waals surface area contributed by atoms with Crippen LogP contribution in [0.4, 0.5) is 0 Å². The number of carbonyl (C=O) groups excluding carboxylic acids is 2. The molecule has 0 unspecified atom stereocenters. The standard InChI is InChI=1S/C21H15N3O2S3/c25-12-15-3-1-2-4-18(15)28-16-7-5-14(6-8-16)20(26)23-9-17-10-24-21(29-17)19-11-22-13-27-19/h1-8,10-13H,9H2,(H,23,26). The van der Waals surface area contributed by atoms with Gasteiger partial charge in [-0.05, 0) is 30.3 Å². The Hall–Kier alpha value is -2.81. The van der Waals surface area contributed by atoms with Gasteiger partial charge in [0.25, 0.3) is 5.91 Å². The third-order valence-electron chi connectivity index (χ3n) is 4.01. The minimum Gasteiger partial charge on any atom is -0.347 e. The molecule has 0 radical (unpaired) electrons. The van der Waals surface area contributed by atoms with Gasteiger partial charge in [-0.2, -0.15) is 0 Å². The number of thiazole rings is 2. The Morgan fingerprint density at radius 3 is 2.69 bits per heavy atom. The molecule has 2 heterocycles. The maximum atomic E-state index is 12.4. The molecule has 2 aromatic carbocycles. The largest absolute Gasteiger partial charge is 0.347 e. The van der Waals surface area contributed by atoms with Crippen LogP contribution < -0.4 is 5.32 Å². The molecular formula is C21H15N3O2S3. The molecule has 1 N–H and O–H groups in total. The first kappa shape index (κ1) is 19.5. The summed E-state index contributed by atoms with van der Waals surface area (Å²) in [6, 6.07) is 14.8. The van der Waals surface area contributed by atoms with Crippen molar-refractivity contribution >= 4 is 46.6 Å². The van der Waals surface area contributed by atoms with Crippen molar-refractivity contribution in [1.82, 2.24) is 15.3 Å². The zero-order valence-electron chi connectivity index (χ0n) is 15.1. The quantitative estimate of drug-likeness (QED) is 0.404. The van der Waals surface area contributed by atoms with Crippen LogP contribution in [0.5, 0.6) is 0 Å². The minimum atomic E-state index is -0.136. The summed E-state index contributed by atoms with van der Waals surface area (Å²) >= 11 is 4.59. The Morgan fingerprint density at radius 2 is 1.93 bits per heavy atom. The second-order valence-corrected chi connectivity index (χ2v) is 9.08. The van der Waals surface area contributed by atoms with Gasteiger partial charge in [0.05, 0.1) is 16.9 Å². The molecule has 0 bridgehead atoms. The Kier molecular flexibility index (Phi) is 6.14. The van der Waals surface area contributed by atoms with Crippen LogP contribution >= 0.6 is 34.4 Å². The van der Waals surface area contributed by atoms with Crippen LogP contribution in [-0.2, 0) is 6.54 Å². The zero-order chi connectivity index (χ0) is 20.1. The fourth-order valence-electron chi connectivity index (χ4n) is 2.57. The van der Waals surface area contributed by atoms with Crippen LogP contribution in [0.25, 0.3) is 9.88 Å². The van der Waals surface area contributed by atoms with Crippen LogP contribution in [0.3, 0.4) is 0 Å². The van der Waals surface area contributed by atoms with Gasteiger partial charge in [0.15, 0.2) is 6.29 Å². The molecule has 8 heteroatoms. The van der Waals surface area contributed by atoms with Crippen LogP contribution in [-0.4, -0.2) is 22.2 Å². The van der Waals surface area contributed by atoms with Gasteiger partial charge in [-0.3, -0.25) is 14.6 Å². The highest BCUT2D eigenvalue weighted by Crippen LogP contribution is 2.30. The molecule has 144 valence electrons. The molecule has 0 saturated carbocycles. The van der Waals surface area contributed by atoms with Crippen LogP contribution in [0.1, 0.15) is 25.6 Å². The molecule has 4 rings (SSSR count). The number of aromatic nitrogens is 2. The average Bonchev–Trinajstić information content (AvgIpc) is 3.45. The summed E-state index contributed by atoms with van der Waals surface area (Å²) in [5.74, 6) is -0.136. The van der Waals surface area contributed by atoms with Crippen molar-refractivity contribution in [3.63, 3.8) is 0 Å². The first-order valence-electron chi connectivity index (χ1n) is 8.67. The molecule has 1 amide bonds. The molecular weight excluding hydrogens is 422 g/mol. The molecule has 0 spiro atoms. The Bertz CT molecular complexity index is 1120. The molecule has 5 nitrogen and oxygen atoms in total. The van der Waals surface area contributed by atoms with Crippen LogP contribution in [0, 0.1) is 0 Å². The van der Waals surface area contributed by atoms with E-state index in [2.05, 4.69) is 15.3 Å². The van der Waals surface area contributed by atoms with Gasteiger partial charge in [-0.1, -0.05) is 30.0 Å². The lowest BCUT2D eigenvalue weighted by Crippen LogP contribution is -2.22. The molecule has 0 aliphatic rings. The number of aldehydes is 1. The molecule has 29 heavy (non-hydrogen) atoms. The average molecular weight is 438 g/mol. The van der Waals surface area contributed by atoms with Gasteiger partial charge in [0.2, 0.25) is 0 Å². The van der Waals surface area contributed by atoms with Gasteiger partial charge in [0.1, 0.15) is 5.01 Å². The lowest BCUT2D eigenvalue weighted by Gasteiger charge is -2.06. The van der Waals surface area contributed by atoms with Crippen molar-refractivity contribution in [2.45, 2.75) is 16.3 Å². The fraction of sp³-hybridized carbons (Fsp3) is 0.0476. The summed E-state index contributed by atoms with van der Waals surface area (Å²) in [6.07, 6.45) is 4.42. The normalized spacial score (nSPS) is 10.6. The smallest absolute Gasteiger partial charge is 0.251 e. The highest BCUT2D eigenvalue weighted by atomic mass is 32.2. The molecule has 0 saturated heterocycles. The first-order valence-corrected chi connectivity index (χ1v) is 11.2. The predicted octanol–water partition coefficient (Wildman–Crippen LogP) is 5.16. The summed E-state index contributed by atoms with van der Waals surface area (Å²) in [5.41, 5.74) is 3.02. The van der Waals surface area contributed by atoms with Crippen molar-refractivity contribution in [2.24, 2.45) is 0 Å². The first-order chi connectivity index (χ1) is 14.2. The van der Waals surface area contributed by atoms with Gasteiger partial charge >= 0.3 is 0 Å². The van der Waals surface area contributed by atoms with E-state index >= 15 is 0 Å². The summed E-state index contributed by atoms with van der Waals surface area (Å²) < 4.78 is 0. The van der Waals surface area contributed by atoms with Crippen molar-refractivity contribution in [3.05, 3.63) is 82.4 Å². The number of nitrogens with zero attached hydrogens (tertiary/aromatic N) is 2. The topological polar surface area (TPSA) is 72.0 Å². The maximum Gasteiger partial charge on any atom is 0.251 e. The molecule has 0 aliphatic carbocycles. The van der Waals surface area contributed by atoms with Gasteiger partial charge in [0, 0.05) is 38.2 Å². The van der Waals surface area contributed by atoms with Crippen LogP contribution in [0.2, 0.25) is 0 Å². The van der Waals surface area contributed by atoms with Crippen LogP contribution in [0.15, 0.2) is 76.2 Å². The third-order valence-corrected chi connectivity index (χ3v) is 7.05. The number of benzene rings is 2. The van der Waals surface area contributed by atoms with Gasteiger partial charge in [-0.15, -0.1) is 22.7 Å². The summed E-state index contributed by atoms with van der Waals surface area (Å²) in [4.78, 5) is 35.9. The maximum absolute atomic E-state index is 12.4. The number of hydrogen-bond donors (Lipinski definition) is 1. The summed E-state index contributed by atoms with van der Waals surface area (Å²) in [5, 5.41) is 3.84. The zero-order valence-corrected chi connectivity index (χ0v) is 17.5. The SMILES string of the molecule is O=Cc1ccccc1Sc1ccc(C(=O)NCc2cnc(-c3cncs3)s2)cc1. The number of nitrogens with one attached hydrogen (secondary N) is 1. The monoisotopic (exact) mass is 437 g/mol. The van der Waals surface area contributed by atoms with Gasteiger partial charge in [-0.25, -0.2) is 4.98 Å². The van der Waals surface area contributed by atoms with Gasteiger partial charge < -0.3 is 5.32 Å². The molecule has 0 atom stereocenters. The molecule has 4 aromatic rings. The van der Waals surface area contributed by atoms with E-state index in [4.69, 9.17) is 0 Å². The molecule has 0 fully saturated rings. The second-order valence-electron chi connectivity index (χ2n) is 5.96. The van der Waals surface area contributed by atoms with E-state index in [1.165, 1.54) is 11.8 Å². The highest BCUT2D eigenvalue weighted by Gasteiger charge is 2.10. The lowest BCUT2D eigenvalue weighted by atomic mass is 10.2. The number of carbonyl (C=O) groups is 2. The number of amides is 1. The Labute approximate surface area is 179 Å². The van der Waals surface area contributed by atoms with Crippen molar-refractivity contribution in [2.75, 3.05) is 0 Å². The lowest BCUT2D eigenvalue weighted by molar-refractivity contribution is 0.0951. The Morgan fingerprint density at radius 1 is 1.10 bits per heavy atom. The van der Waals surface area contributed by atoms with Crippen molar-refractivity contribution in [3.8, 4) is 9.88 Å². The fourth-order valence-corrected chi connectivity index (χ4v) is 5.01. The summed E-state index contributed by atoms with van der Waals surface area (Å²) in [7, 11) is 0. The predicted molar refractivity (Wildman–Crippen MR) is 117 cm³/mol. The number of hydrogen-bond acceptors (Lipinski definition) is 7. The van der Waals surface area contributed by atoms with E-state index in [-0.39, 0.29) is 5.91 Å². The van der Waals surface area contributed by atoms with E-state index in [9.17, 15) is 9.59 Å². The molecule has 0 aliphatic heterocycles. The van der Waals surface area contributed by atoms with E-state index in [0.29, 0.717) is 17.7 Å². The van der Waals surface area contributed by atoms with Crippen molar-refractivity contribution < 1.29 is 9.59 Å². The summed E-state index contributed by atoms with van der Waals surface area (Å²) in [6.45, 7) is 0.429. The Balaban J connectivity index is 1.36. The molecule has 2 aromatic heterocycles. The van der Waals surface area contributed by atoms with E-state index in [1.54, 1.807) is 58.8 Å².